The first-order valence-electron chi connectivity index (χ1n) is 7.41. The van der Waals surface area contributed by atoms with Crippen molar-refractivity contribution in [2.24, 2.45) is 0 Å². The Bertz CT molecular complexity index is 443. The van der Waals surface area contributed by atoms with Crippen molar-refractivity contribution in [3.63, 3.8) is 0 Å². The van der Waals surface area contributed by atoms with E-state index in [9.17, 15) is 5.11 Å². The lowest BCUT2D eigenvalue weighted by atomic mass is 9.78. The van der Waals surface area contributed by atoms with Gasteiger partial charge < -0.3 is 14.9 Å². The summed E-state index contributed by atoms with van der Waals surface area (Å²) in [6, 6.07) is 4.28. The van der Waals surface area contributed by atoms with Crippen molar-refractivity contribution in [2.45, 2.75) is 65.4 Å². The summed E-state index contributed by atoms with van der Waals surface area (Å²) in [7, 11) is 0. The van der Waals surface area contributed by atoms with Crippen LogP contribution < -0.4 is 4.74 Å². The van der Waals surface area contributed by atoms with Crippen LogP contribution in [0.15, 0.2) is 12.1 Å². The molecule has 0 aromatic heterocycles. The monoisotopic (exact) mass is 293 g/mol. The highest BCUT2D eigenvalue weighted by Crippen LogP contribution is 2.40. The largest absolute Gasteiger partial charge is 0.490 e. The number of aliphatic hydroxyl groups is 2. The molecule has 1 rings (SSSR count). The Hall–Kier alpha value is -1.06. The molecule has 0 heterocycles. The summed E-state index contributed by atoms with van der Waals surface area (Å²) in [5.74, 6) is 0.821. The molecule has 0 aliphatic rings. The van der Waals surface area contributed by atoms with E-state index in [0.29, 0.717) is 0 Å². The Morgan fingerprint density at radius 1 is 1.05 bits per heavy atom. The molecule has 1 radical (unpaired) electrons. The second kappa shape index (κ2) is 6.37. The molecule has 1 aromatic rings. The fourth-order valence-corrected chi connectivity index (χ4v) is 2.25. The van der Waals surface area contributed by atoms with Gasteiger partial charge in [-0.1, -0.05) is 59.2 Å². The molecule has 3 nitrogen and oxygen atoms in total. The predicted molar refractivity (Wildman–Crippen MR) is 86.3 cm³/mol. The molecule has 0 fully saturated rings. The molecule has 0 aliphatic carbocycles. The van der Waals surface area contributed by atoms with Crippen LogP contribution in [-0.4, -0.2) is 22.9 Å². The SMILES string of the molecule is Cc1cc(C(C)(C)C)c(OCC(O)[CH]O)c(C(C)(C)C)c1. The van der Waals surface area contributed by atoms with Crippen molar-refractivity contribution >= 4 is 0 Å². The molecule has 119 valence electrons. The lowest BCUT2D eigenvalue weighted by molar-refractivity contribution is 0.0897. The molecule has 1 aromatic carbocycles. The Balaban J connectivity index is 3.39. The van der Waals surface area contributed by atoms with Gasteiger partial charge in [0.15, 0.2) is 0 Å². The third-order valence-corrected chi connectivity index (χ3v) is 3.42. The van der Waals surface area contributed by atoms with E-state index in [0.717, 1.165) is 23.5 Å². The molecule has 0 amide bonds. The first-order chi connectivity index (χ1) is 9.46. The number of aliphatic hydroxyl groups excluding tert-OH is 2. The lowest BCUT2D eigenvalue weighted by Crippen LogP contribution is -2.24. The highest BCUT2D eigenvalue weighted by atomic mass is 16.5. The Kier molecular flexibility index (Phi) is 5.46. The highest BCUT2D eigenvalue weighted by molar-refractivity contribution is 5.50. The van der Waals surface area contributed by atoms with Crippen LogP contribution in [-0.2, 0) is 10.8 Å². The third-order valence-electron chi connectivity index (χ3n) is 3.42. The van der Waals surface area contributed by atoms with Gasteiger partial charge in [0.1, 0.15) is 25.1 Å². The van der Waals surface area contributed by atoms with Crippen LogP contribution in [0.2, 0.25) is 0 Å². The van der Waals surface area contributed by atoms with E-state index >= 15 is 0 Å². The van der Waals surface area contributed by atoms with E-state index < -0.39 is 6.10 Å². The number of benzene rings is 1. The van der Waals surface area contributed by atoms with Crippen molar-refractivity contribution in [1.82, 2.24) is 0 Å². The fourth-order valence-electron chi connectivity index (χ4n) is 2.25. The molecule has 0 saturated carbocycles. The maximum absolute atomic E-state index is 9.53. The Labute approximate surface area is 129 Å². The van der Waals surface area contributed by atoms with Gasteiger partial charge in [-0.2, -0.15) is 0 Å². The van der Waals surface area contributed by atoms with E-state index in [1.807, 2.05) is 0 Å². The summed E-state index contributed by atoms with van der Waals surface area (Å²) >= 11 is 0. The molecule has 1 unspecified atom stereocenters. The Morgan fingerprint density at radius 3 is 1.81 bits per heavy atom. The summed E-state index contributed by atoms with van der Waals surface area (Å²) in [6.07, 6.45) is -0.980. The van der Waals surface area contributed by atoms with Crippen molar-refractivity contribution in [2.75, 3.05) is 6.61 Å². The first-order valence-corrected chi connectivity index (χ1v) is 7.41. The molecule has 3 heteroatoms. The molecule has 1 atom stereocenters. The van der Waals surface area contributed by atoms with Crippen molar-refractivity contribution in [3.8, 4) is 5.75 Å². The van der Waals surface area contributed by atoms with Crippen molar-refractivity contribution in [3.05, 3.63) is 35.4 Å². The van der Waals surface area contributed by atoms with Gasteiger partial charge in [0.2, 0.25) is 0 Å². The topological polar surface area (TPSA) is 49.7 Å². The second-order valence-corrected chi connectivity index (χ2v) is 7.72. The average molecular weight is 293 g/mol. The Morgan fingerprint density at radius 2 is 1.48 bits per heavy atom. The molecule has 0 spiro atoms. The van der Waals surface area contributed by atoms with E-state index in [4.69, 9.17) is 9.84 Å². The van der Waals surface area contributed by atoms with E-state index in [-0.39, 0.29) is 17.4 Å². The summed E-state index contributed by atoms with van der Waals surface area (Å²) in [5, 5.41) is 18.4. The zero-order valence-electron chi connectivity index (χ0n) is 14.3. The summed E-state index contributed by atoms with van der Waals surface area (Å²) in [4.78, 5) is 0. The van der Waals surface area contributed by atoms with E-state index in [2.05, 4.69) is 60.6 Å². The highest BCUT2D eigenvalue weighted by Gasteiger charge is 2.27. The number of rotatable bonds is 4. The fraction of sp³-hybridized carbons (Fsp3) is 0.611. The number of hydrogen-bond acceptors (Lipinski definition) is 3. The molecule has 0 aliphatic heterocycles. The van der Waals surface area contributed by atoms with Crippen LogP contribution in [0.25, 0.3) is 0 Å². The van der Waals surface area contributed by atoms with Crippen molar-refractivity contribution < 1.29 is 14.9 Å². The standard InChI is InChI=1S/C18H29O3/c1-12-8-14(17(2,3)4)16(21-11-13(20)10-19)15(9-12)18(5,6)7/h8-10,13,19-20H,11H2,1-7H3. The first kappa shape index (κ1) is 18.0. The molecular formula is C18H29O3. The predicted octanol–water partition coefficient (Wildman–Crippen LogP) is 3.86. The summed E-state index contributed by atoms with van der Waals surface area (Å²) in [6.45, 7) is 15.8. The van der Waals surface area contributed by atoms with Gasteiger partial charge in [0, 0.05) is 11.1 Å². The molecule has 0 bridgehead atoms. The van der Waals surface area contributed by atoms with Gasteiger partial charge >= 0.3 is 0 Å². The minimum absolute atomic E-state index is 0.0473. The summed E-state index contributed by atoms with van der Waals surface area (Å²) < 4.78 is 5.89. The van der Waals surface area contributed by atoms with Crippen LogP contribution in [0.3, 0.4) is 0 Å². The molecule has 2 N–H and O–H groups in total. The van der Waals surface area contributed by atoms with Gasteiger partial charge in [-0.25, -0.2) is 0 Å². The van der Waals surface area contributed by atoms with Crippen LogP contribution >= 0.6 is 0 Å². The number of ether oxygens (including phenoxy) is 1. The van der Waals surface area contributed by atoms with Gasteiger partial charge in [-0.05, 0) is 17.8 Å². The normalized spacial score (nSPS) is 14.1. The average Bonchev–Trinajstić information content (AvgIpc) is 2.33. The van der Waals surface area contributed by atoms with Gasteiger partial charge in [0.25, 0.3) is 0 Å². The van der Waals surface area contributed by atoms with Gasteiger partial charge in [-0.15, -0.1) is 0 Å². The minimum Gasteiger partial charge on any atom is -0.490 e. The minimum atomic E-state index is -0.980. The van der Waals surface area contributed by atoms with E-state index in [1.165, 1.54) is 5.56 Å². The number of aryl methyl sites for hydroxylation is 1. The summed E-state index contributed by atoms with van der Waals surface area (Å²) in [5.41, 5.74) is 3.33. The zero-order valence-corrected chi connectivity index (χ0v) is 14.3. The quantitative estimate of drug-likeness (QED) is 0.886. The second-order valence-electron chi connectivity index (χ2n) is 7.72. The maximum Gasteiger partial charge on any atom is 0.126 e. The molecule has 0 saturated heterocycles. The molecular weight excluding hydrogens is 264 g/mol. The van der Waals surface area contributed by atoms with Crippen molar-refractivity contribution in [1.29, 1.82) is 0 Å². The lowest BCUT2D eigenvalue weighted by Gasteiger charge is -2.30. The van der Waals surface area contributed by atoms with Gasteiger partial charge in [-0.3, -0.25) is 0 Å². The van der Waals surface area contributed by atoms with Crippen LogP contribution in [0, 0.1) is 13.5 Å². The van der Waals surface area contributed by atoms with Crippen LogP contribution in [0.4, 0.5) is 0 Å². The van der Waals surface area contributed by atoms with Crippen LogP contribution in [0.1, 0.15) is 58.2 Å². The van der Waals surface area contributed by atoms with Gasteiger partial charge in [0.05, 0.1) is 0 Å². The maximum atomic E-state index is 9.53. The van der Waals surface area contributed by atoms with Crippen LogP contribution in [0.5, 0.6) is 5.75 Å². The number of hydrogen-bond donors (Lipinski definition) is 2. The van der Waals surface area contributed by atoms with E-state index in [1.54, 1.807) is 0 Å². The molecule has 21 heavy (non-hydrogen) atoms. The zero-order chi connectivity index (χ0) is 16.4. The third kappa shape index (κ3) is 4.72. The smallest absolute Gasteiger partial charge is 0.126 e.